The van der Waals surface area contributed by atoms with Gasteiger partial charge in [-0.3, -0.25) is 9.59 Å². The number of halogens is 2. The van der Waals surface area contributed by atoms with Crippen LogP contribution >= 0.6 is 35.0 Å². The van der Waals surface area contributed by atoms with Gasteiger partial charge in [0.25, 0.3) is 5.91 Å². The molecule has 0 bridgehead atoms. The summed E-state index contributed by atoms with van der Waals surface area (Å²) in [6, 6.07) is 11.8. The van der Waals surface area contributed by atoms with Crippen molar-refractivity contribution >= 4 is 52.5 Å². The van der Waals surface area contributed by atoms with Gasteiger partial charge in [0.1, 0.15) is 0 Å². The summed E-state index contributed by atoms with van der Waals surface area (Å²) in [6.07, 6.45) is 1.70. The number of aryl methyl sites for hydroxylation is 1. The number of hydrogen-bond acceptors (Lipinski definition) is 5. The molecule has 0 radical (unpaired) electrons. The molecule has 1 atom stereocenters. The van der Waals surface area contributed by atoms with Crippen LogP contribution in [-0.4, -0.2) is 32.3 Å². The molecule has 2 aromatic carbocycles. The van der Waals surface area contributed by atoms with Crippen LogP contribution in [0.4, 0.5) is 5.69 Å². The third-order valence-corrected chi connectivity index (χ3v) is 6.23. The summed E-state index contributed by atoms with van der Waals surface area (Å²) in [5.74, 6) is 0.187. The van der Waals surface area contributed by atoms with Gasteiger partial charge in [0, 0.05) is 17.3 Å². The van der Waals surface area contributed by atoms with Crippen LogP contribution in [0.25, 0.3) is 0 Å². The standard InChI is InChI=1S/C23H23Cl2N5O2S/c1-4-11-30-21(15(3)26-22(32)17-10-9-16(24)12-18(17)25)28-29-23(30)33-13-20(31)27-19-8-6-5-7-14(19)2/h4-10,12,15H,1,11,13H2,2-3H3,(H,26,32)(H,27,31)/t15-/m0/s1. The van der Waals surface area contributed by atoms with E-state index in [1.54, 1.807) is 25.1 Å². The fraction of sp³-hybridized carbons (Fsp3) is 0.217. The van der Waals surface area contributed by atoms with Crippen molar-refractivity contribution in [2.24, 2.45) is 0 Å². The van der Waals surface area contributed by atoms with Crippen molar-refractivity contribution < 1.29 is 9.59 Å². The minimum Gasteiger partial charge on any atom is -0.342 e. The molecule has 1 aromatic heterocycles. The van der Waals surface area contributed by atoms with E-state index < -0.39 is 6.04 Å². The van der Waals surface area contributed by atoms with Crippen LogP contribution < -0.4 is 10.6 Å². The predicted octanol–water partition coefficient (Wildman–Crippen LogP) is 5.30. The smallest absolute Gasteiger partial charge is 0.253 e. The third kappa shape index (κ3) is 6.37. The molecule has 33 heavy (non-hydrogen) atoms. The molecule has 3 aromatic rings. The van der Waals surface area contributed by atoms with Crippen LogP contribution in [0.15, 0.2) is 60.3 Å². The quantitative estimate of drug-likeness (QED) is 0.305. The molecule has 0 aliphatic heterocycles. The van der Waals surface area contributed by atoms with Gasteiger partial charge in [0.15, 0.2) is 11.0 Å². The van der Waals surface area contributed by atoms with Crippen LogP contribution in [0.5, 0.6) is 0 Å². The lowest BCUT2D eigenvalue weighted by Gasteiger charge is -2.16. The summed E-state index contributed by atoms with van der Waals surface area (Å²) >= 11 is 13.3. The van der Waals surface area contributed by atoms with Gasteiger partial charge in [-0.15, -0.1) is 16.8 Å². The zero-order valence-corrected chi connectivity index (χ0v) is 20.5. The van der Waals surface area contributed by atoms with Crippen molar-refractivity contribution in [1.29, 1.82) is 0 Å². The number of amides is 2. The first-order valence-electron chi connectivity index (χ1n) is 10.1. The lowest BCUT2D eigenvalue weighted by molar-refractivity contribution is -0.113. The molecule has 172 valence electrons. The molecule has 0 saturated carbocycles. The lowest BCUT2D eigenvalue weighted by Crippen LogP contribution is -2.29. The van der Waals surface area contributed by atoms with Crippen LogP contribution in [0.1, 0.15) is 34.7 Å². The van der Waals surface area contributed by atoms with Gasteiger partial charge in [0.05, 0.1) is 22.4 Å². The van der Waals surface area contributed by atoms with Gasteiger partial charge in [0.2, 0.25) is 5.91 Å². The number of allylic oxidation sites excluding steroid dienone is 1. The van der Waals surface area contributed by atoms with Gasteiger partial charge >= 0.3 is 0 Å². The van der Waals surface area contributed by atoms with E-state index in [1.165, 1.54) is 17.8 Å². The zero-order valence-electron chi connectivity index (χ0n) is 18.1. The first-order chi connectivity index (χ1) is 15.8. The van der Waals surface area contributed by atoms with Crippen LogP contribution in [-0.2, 0) is 11.3 Å². The number of carbonyl (C=O) groups is 2. The van der Waals surface area contributed by atoms with E-state index in [-0.39, 0.29) is 22.6 Å². The predicted molar refractivity (Wildman–Crippen MR) is 133 cm³/mol. The molecule has 0 aliphatic rings. The molecule has 0 fully saturated rings. The molecule has 0 saturated heterocycles. The largest absolute Gasteiger partial charge is 0.342 e. The second-order valence-electron chi connectivity index (χ2n) is 7.21. The highest BCUT2D eigenvalue weighted by molar-refractivity contribution is 7.99. The van der Waals surface area contributed by atoms with Gasteiger partial charge in [-0.25, -0.2) is 0 Å². The SMILES string of the molecule is C=CCn1c(SCC(=O)Nc2ccccc2C)nnc1[C@H](C)NC(=O)c1ccc(Cl)cc1Cl. The molecule has 10 heteroatoms. The summed E-state index contributed by atoms with van der Waals surface area (Å²) in [7, 11) is 0. The summed E-state index contributed by atoms with van der Waals surface area (Å²) in [5, 5.41) is 15.5. The lowest BCUT2D eigenvalue weighted by atomic mass is 10.2. The molecule has 0 spiro atoms. The Kier molecular flexibility index (Phi) is 8.55. The van der Waals surface area contributed by atoms with Crippen molar-refractivity contribution in [3.8, 4) is 0 Å². The Hall–Kier alpha value is -2.81. The molecule has 0 unspecified atom stereocenters. The van der Waals surface area contributed by atoms with Crippen LogP contribution in [0.3, 0.4) is 0 Å². The molecule has 0 aliphatic carbocycles. The average Bonchev–Trinajstić information content (AvgIpc) is 3.17. The van der Waals surface area contributed by atoms with E-state index in [0.29, 0.717) is 28.1 Å². The van der Waals surface area contributed by atoms with E-state index in [0.717, 1.165) is 11.3 Å². The molecule has 1 heterocycles. The summed E-state index contributed by atoms with van der Waals surface area (Å²) in [6.45, 7) is 7.94. The van der Waals surface area contributed by atoms with E-state index in [9.17, 15) is 9.59 Å². The van der Waals surface area contributed by atoms with Crippen molar-refractivity contribution in [2.75, 3.05) is 11.1 Å². The molecular weight excluding hydrogens is 481 g/mol. The number of thioether (sulfide) groups is 1. The number of nitrogens with one attached hydrogen (secondary N) is 2. The van der Waals surface area contributed by atoms with E-state index in [4.69, 9.17) is 23.2 Å². The fourth-order valence-corrected chi connectivity index (χ4v) is 4.32. The summed E-state index contributed by atoms with van der Waals surface area (Å²) < 4.78 is 1.81. The maximum Gasteiger partial charge on any atom is 0.253 e. The van der Waals surface area contributed by atoms with E-state index in [2.05, 4.69) is 27.4 Å². The summed E-state index contributed by atoms with van der Waals surface area (Å²) in [4.78, 5) is 25.1. The monoisotopic (exact) mass is 503 g/mol. The third-order valence-electron chi connectivity index (χ3n) is 4.72. The topological polar surface area (TPSA) is 88.9 Å². The number of hydrogen-bond donors (Lipinski definition) is 2. The summed E-state index contributed by atoms with van der Waals surface area (Å²) in [5.41, 5.74) is 2.07. The molecular formula is C23H23Cl2N5O2S. The first kappa shape index (κ1) is 24.8. The number of aromatic nitrogens is 3. The highest BCUT2D eigenvalue weighted by Crippen LogP contribution is 2.24. The Balaban J connectivity index is 1.69. The number of anilines is 1. The van der Waals surface area contributed by atoms with Gasteiger partial charge in [-0.1, -0.05) is 59.2 Å². The number of para-hydroxylation sites is 1. The average molecular weight is 504 g/mol. The number of benzene rings is 2. The Labute approximate surface area is 206 Å². The molecule has 2 amide bonds. The fourth-order valence-electron chi connectivity index (χ4n) is 3.07. The van der Waals surface area contributed by atoms with Gasteiger partial charge in [-0.2, -0.15) is 0 Å². The highest BCUT2D eigenvalue weighted by Gasteiger charge is 2.21. The maximum atomic E-state index is 12.7. The first-order valence-corrected chi connectivity index (χ1v) is 11.8. The van der Waals surface area contributed by atoms with Crippen LogP contribution in [0, 0.1) is 6.92 Å². The van der Waals surface area contributed by atoms with Crippen molar-refractivity contribution in [2.45, 2.75) is 31.6 Å². The Bertz CT molecular complexity index is 1180. The van der Waals surface area contributed by atoms with E-state index in [1.807, 2.05) is 35.8 Å². The number of nitrogens with zero attached hydrogens (tertiary/aromatic N) is 3. The van der Waals surface area contributed by atoms with Crippen LogP contribution in [0.2, 0.25) is 10.0 Å². The Morgan fingerprint density at radius 2 is 1.97 bits per heavy atom. The van der Waals surface area contributed by atoms with Crippen molar-refractivity contribution in [1.82, 2.24) is 20.1 Å². The highest BCUT2D eigenvalue weighted by atomic mass is 35.5. The molecule has 7 nitrogen and oxygen atoms in total. The normalized spacial score (nSPS) is 11.6. The molecule has 2 N–H and O–H groups in total. The maximum absolute atomic E-state index is 12.7. The number of carbonyl (C=O) groups excluding carboxylic acids is 2. The van der Waals surface area contributed by atoms with Gasteiger partial charge in [-0.05, 0) is 43.7 Å². The zero-order chi connectivity index (χ0) is 24.0. The molecule has 3 rings (SSSR count). The Morgan fingerprint density at radius 1 is 1.21 bits per heavy atom. The second-order valence-corrected chi connectivity index (χ2v) is 9.00. The Morgan fingerprint density at radius 3 is 2.67 bits per heavy atom. The van der Waals surface area contributed by atoms with Gasteiger partial charge < -0.3 is 15.2 Å². The van der Waals surface area contributed by atoms with Crippen molar-refractivity contribution in [3.63, 3.8) is 0 Å². The minimum absolute atomic E-state index is 0.150. The number of rotatable bonds is 9. The minimum atomic E-state index is -0.466. The van der Waals surface area contributed by atoms with Crippen molar-refractivity contribution in [3.05, 3.63) is 82.1 Å². The second kappa shape index (κ2) is 11.4. The van der Waals surface area contributed by atoms with E-state index >= 15 is 0 Å².